The molecule has 25 heavy (non-hydrogen) atoms. The number of guanidine groups is 1. The molecule has 1 aliphatic rings. The van der Waals surface area contributed by atoms with Crippen LogP contribution in [0, 0.1) is 0 Å². The van der Waals surface area contributed by atoms with Gasteiger partial charge in [0.1, 0.15) is 6.26 Å². The molecule has 0 bridgehead atoms. The molecule has 3 rings (SSSR count). The van der Waals surface area contributed by atoms with E-state index in [4.69, 9.17) is 9.15 Å². The van der Waals surface area contributed by atoms with Crippen LogP contribution < -0.4 is 10.6 Å². The Balaban J connectivity index is 0.00000225. The van der Waals surface area contributed by atoms with Gasteiger partial charge in [-0.25, -0.2) is 4.98 Å². The van der Waals surface area contributed by atoms with E-state index < -0.39 is 0 Å². The van der Waals surface area contributed by atoms with Crippen LogP contribution >= 0.6 is 24.0 Å². The molecule has 0 saturated carbocycles. The molecular weight excluding hydrogens is 431 g/mol. The zero-order valence-electron chi connectivity index (χ0n) is 14.6. The second-order valence-corrected chi connectivity index (χ2v) is 6.19. The van der Waals surface area contributed by atoms with Crippen LogP contribution in [0.3, 0.4) is 0 Å². The first-order valence-electron chi connectivity index (χ1n) is 8.27. The van der Waals surface area contributed by atoms with Gasteiger partial charge in [0.25, 0.3) is 0 Å². The molecule has 6 nitrogen and oxygen atoms in total. The van der Waals surface area contributed by atoms with E-state index in [1.807, 2.05) is 30.3 Å². The lowest BCUT2D eigenvalue weighted by Gasteiger charge is -2.24. The van der Waals surface area contributed by atoms with Crippen molar-refractivity contribution in [2.75, 3.05) is 20.2 Å². The van der Waals surface area contributed by atoms with E-state index in [9.17, 15) is 0 Å². The highest BCUT2D eigenvalue weighted by Crippen LogP contribution is 2.23. The van der Waals surface area contributed by atoms with Gasteiger partial charge < -0.3 is 19.8 Å². The number of aromatic nitrogens is 1. The summed E-state index contributed by atoms with van der Waals surface area (Å²) in [4.78, 5) is 8.74. The Hall–Kier alpha value is -1.61. The first kappa shape index (κ1) is 19.7. The second kappa shape index (κ2) is 9.19. The van der Waals surface area contributed by atoms with Gasteiger partial charge in [-0.15, -0.1) is 24.0 Å². The number of rotatable bonds is 5. The van der Waals surface area contributed by atoms with Crippen LogP contribution in [0.2, 0.25) is 0 Å². The van der Waals surface area contributed by atoms with Gasteiger partial charge in [0.2, 0.25) is 5.89 Å². The number of benzene rings is 1. The highest BCUT2D eigenvalue weighted by molar-refractivity contribution is 14.0. The fourth-order valence-corrected chi connectivity index (χ4v) is 2.74. The van der Waals surface area contributed by atoms with E-state index in [0.29, 0.717) is 12.4 Å². The molecule has 0 aliphatic carbocycles. The van der Waals surface area contributed by atoms with Gasteiger partial charge in [0.15, 0.2) is 5.96 Å². The Morgan fingerprint density at radius 3 is 2.76 bits per heavy atom. The Labute approximate surface area is 165 Å². The first-order chi connectivity index (χ1) is 11.7. The molecule has 1 atom stereocenters. The topological polar surface area (TPSA) is 71.7 Å². The SMILES string of the molecule is CN=C(NCc1coc(-c2ccccc2)n1)NCC1(C)CCCO1.I. The van der Waals surface area contributed by atoms with Crippen LogP contribution in [0.25, 0.3) is 11.5 Å². The maximum Gasteiger partial charge on any atom is 0.226 e. The number of nitrogens with zero attached hydrogens (tertiary/aromatic N) is 2. The van der Waals surface area contributed by atoms with Crippen molar-refractivity contribution in [2.24, 2.45) is 4.99 Å². The van der Waals surface area contributed by atoms with Gasteiger partial charge in [0.05, 0.1) is 17.8 Å². The normalized spacial score (nSPS) is 20.2. The molecule has 136 valence electrons. The molecule has 1 aromatic carbocycles. The largest absolute Gasteiger partial charge is 0.444 e. The first-order valence-corrected chi connectivity index (χ1v) is 8.27. The van der Waals surface area contributed by atoms with Crippen molar-refractivity contribution in [2.45, 2.75) is 31.9 Å². The monoisotopic (exact) mass is 456 g/mol. The molecule has 0 spiro atoms. The zero-order valence-corrected chi connectivity index (χ0v) is 16.9. The minimum Gasteiger partial charge on any atom is -0.444 e. The van der Waals surface area contributed by atoms with Crippen molar-refractivity contribution in [1.29, 1.82) is 0 Å². The van der Waals surface area contributed by atoms with E-state index in [0.717, 1.165) is 43.2 Å². The number of ether oxygens (including phenoxy) is 1. The summed E-state index contributed by atoms with van der Waals surface area (Å²) in [7, 11) is 1.76. The van der Waals surface area contributed by atoms with Crippen molar-refractivity contribution < 1.29 is 9.15 Å². The molecule has 1 fully saturated rings. The number of nitrogens with one attached hydrogen (secondary N) is 2. The smallest absolute Gasteiger partial charge is 0.226 e. The van der Waals surface area contributed by atoms with Crippen molar-refractivity contribution in [3.05, 3.63) is 42.3 Å². The number of hydrogen-bond donors (Lipinski definition) is 2. The van der Waals surface area contributed by atoms with Crippen LogP contribution in [0.15, 0.2) is 46.0 Å². The standard InChI is InChI=1S/C18H24N4O2.HI/c1-18(9-6-10-24-18)13-21-17(19-2)20-11-15-12-23-16(22-15)14-7-4-3-5-8-14;/h3-5,7-8,12H,6,9-11,13H2,1-2H3,(H2,19,20,21);1H. The third-order valence-corrected chi connectivity index (χ3v) is 4.16. The Morgan fingerprint density at radius 1 is 1.28 bits per heavy atom. The predicted molar refractivity (Wildman–Crippen MR) is 109 cm³/mol. The van der Waals surface area contributed by atoms with Gasteiger partial charge in [-0.2, -0.15) is 0 Å². The number of hydrogen-bond acceptors (Lipinski definition) is 4. The van der Waals surface area contributed by atoms with Crippen molar-refractivity contribution in [3.63, 3.8) is 0 Å². The van der Waals surface area contributed by atoms with Crippen LogP contribution in [-0.2, 0) is 11.3 Å². The number of aliphatic imine (C=N–C) groups is 1. The second-order valence-electron chi connectivity index (χ2n) is 6.19. The maximum absolute atomic E-state index is 5.78. The molecule has 2 aromatic rings. The molecule has 0 radical (unpaired) electrons. The lowest BCUT2D eigenvalue weighted by molar-refractivity contribution is 0.0243. The summed E-state index contributed by atoms with van der Waals surface area (Å²) in [5.74, 6) is 1.36. The van der Waals surface area contributed by atoms with Crippen molar-refractivity contribution in [1.82, 2.24) is 15.6 Å². The fourth-order valence-electron chi connectivity index (χ4n) is 2.74. The summed E-state index contributed by atoms with van der Waals surface area (Å²) in [5, 5.41) is 6.57. The van der Waals surface area contributed by atoms with E-state index in [-0.39, 0.29) is 29.6 Å². The van der Waals surface area contributed by atoms with Crippen LogP contribution in [0.1, 0.15) is 25.5 Å². The molecule has 0 amide bonds. The van der Waals surface area contributed by atoms with Crippen LogP contribution in [0.4, 0.5) is 0 Å². The van der Waals surface area contributed by atoms with E-state index in [1.165, 1.54) is 0 Å². The Morgan fingerprint density at radius 2 is 2.08 bits per heavy atom. The maximum atomic E-state index is 5.78. The molecule has 7 heteroatoms. The lowest BCUT2D eigenvalue weighted by Crippen LogP contribution is -2.45. The third-order valence-electron chi connectivity index (χ3n) is 4.16. The third kappa shape index (κ3) is 5.43. The summed E-state index contributed by atoms with van der Waals surface area (Å²) in [6.45, 7) is 4.25. The summed E-state index contributed by atoms with van der Waals surface area (Å²) < 4.78 is 11.3. The van der Waals surface area contributed by atoms with Gasteiger partial charge in [-0.05, 0) is 31.9 Å². The minimum atomic E-state index is -0.105. The fraction of sp³-hybridized carbons (Fsp3) is 0.444. The molecule has 1 unspecified atom stereocenters. The Kier molecular flexibility index (Phi) is 7.24. The number of oxazole rings is 1. The molecule has 1 aromatic heterocycles. The summed E-state index contributed by atoms with van der Waals surface area (Å²) in [6, 6.07) is 9.86. The number of halogens is 1. The summed E-state index contributed by atoms with van der Waals surface area (Å²) >= 11 is 0. The minimum absolute atomic E-state index is 0. The van der Waals surface area contributed by atoms with Crippen molar-refractivity contribution in [3.8, 4) is 11.5 Å². The average molecular weight is 456 g/mol. The highest BCUT2D eigenvalue weighted by Gasteiger charge is 2.29. The predicted octanol–water partition coefficient (Wildman–Crippen LogP) is 3.19. The molecule has 2 heterocycles. The van der Waals surface area contributed by atoms with E-state index in [2.05, 4.69) is 27.5 Å². The molecular formula is C18H25IN4O2. The highest BCUT2D eigenvalue weighted by atomic mass is 127. The quantitative estimate of drug-likeness (QED) is 0.411. The lowest BCUT2D eigenvalue weighted by atomic mass is 10.0. The van der Waals surface area contributed by atoms with E-state index >= 15 is 0 Å². The Bertz CT molecular complexity index is 681. The van der Waals surface area contributed by atoms with Gasteiger partial charge in [-0.1, -0.05) is 18.2 Å². The molecule has 2 N–H and O–H groups in total. The van der Waals surface area contributed by atoms with Gasteiger partial charge in [0, 0.05) is 25.8 Å². The van der Waals surface area contributed by atoms with Crippen molar-refractivity contribution >= 4 is 29.9 Å². The van der Waals surface area contributed by atoms with Crippen LogP contribution in [0.5, 0.6) is 0 Å². The average Bonchev–Trinajstić information content (AvgIpc) is 3.26. The summed E-state index contributed by atoms with van der Waals surface area (Å²) in [5.41, 5.74) is 1.70. The van der Waals surface area contributed by atoms with Crippen LogP contribution in [-0.4, -0.2) is 36.7 Å². The van der Waals surface area contributed by atoms with Gasteiger partial charge >= 0.3 is 0 Å². The summed E-state index contributed by atoms with van der Waals surface area (Å²) in [6.07, 6.45) is 3.86. The van der Waals surface area contributed by atoms with Gasteiger partial charge in [-0.3, -0.25) is 4.99 Å². The zero-order chi connectivity index (χ0) is 16.8. The molecule has 1 saturated heterocycles. The van der Waals surface area contributed by atoms with E-state index in [1.54, 1.807) is 13.3 Å². The molecule has 1 aliphatic heterocycles.